The van der Waals surface area contributed by atoms with Crippen molar-refractivity contribution in [2.45, 2.75) is 44.6 Å². The largest absolute Gasteiger partial charge is 0.457 e. The monoisotopic (exact) mass is 436 g/mol. The van der Waals surface area contributed by atoms with Gasteiger partial charge in [-0.2, -0.15) is 0 Å². The van der Waals surface area contributed by atoms with Crippen molar-refractivity contribution in [2.24, 2.45) is 0 Å². The lowest BCUT2D eigenvalue weighted by Crippen LogP contribution is -2.29. The first kappa shape index (κ1) is 21.4. The Balaban J connectivity index is 1.45. The number of sulfonamides is 1. The Morgan fingerprint density at radius 1 is 0.935 bits per heavy atom. The van der Waals surface area contributed by atoms with Crippen LogP contribution in [0.1, 0.15) is 49.1 Å². The van der Waals surface area contributed by atoms with Gasteiger partial charge in [0.25, 0.3) is 0 Å². The third-order valence-electron chi connectivity index (χ3n) is 5.77. The van der Waals surface area contributed by atoms with Gasteiger partial charge in [-0.05, 0) is 72.4 Å². The normalized spacial score (nSPS) is 14.9. The Morgan fingerprint density at radius 2 is 1.58 bits per heavy atom. The molecule has 0 N–H and O–H groups in total. The molecule has 4 rings (SSSR count). The molecule has 0 saturated heterocycles. The summed E-state index contributed by atoms with van der Waals surface area (Å²) in [5.41, 5.74) is 2.80. The predicted octanol–water partition coefficient (Wildman–Crippen LogP) is 5.89. The van der Waals surface area contributed by atoms with Gasteiger partial charge in [0, 0.05) is 12.4 Å². The fraction of sp³-hybridized carbons (Fsp3) is 0.320. The summed E-state index contributed by atoms with van der Waals surface area (Å²) in [5.74, 6) is 2.12. The van der Waals surface area contributed by atoms with Crippen LogP contribution in [0.5, 0.6) is 11.5 Å². The molecule has 1 aliphatic carbocycles. The van der Waals surface area contributed by atoms with Crippen LogP contribution in [0.15, 0.2) is 73.1 Å². The molecule has 2 aromatic carbocycles. The molecule has 0 aliphatic heterocycles. The summed E-state index contributed by atoms with van der Waals surface area (Å²) in [4.78, 5) is 4.07. The number of ether oxygens (including phenoxy) is 1. The molecule has 1 aromatic heterocycles. The molecular formula is C25H28N2O3S. The molecule has 31 heavy (non-hydrogen) atoms. The molecule has 1 heterocycles. The number of aromatic nitrogens is 1. The zero-order chi connectivity index (χ0) is 21.7. The van der Waals surface area contributed by atoms with Crippen molar-refractivity contribution in [3.05, 3.63) is 84.2 Å². The van der Waals surface area contributed by atoms with Crippen LogP contribution in [0, 0.1) is 0 Å². The van der Waals surface area contributed by atoms with E-state index < -0.39 is 10.0 Å². The number of hydrogen-bond donors (Lipinski definition) is 0. The molecular weight excluding hydrogens is 408 g/mol. The quantitative estimate of drug-likeness (QED) is 0.463. The van der Waals surface area contributed by atoms with E-state index in [0.29, 0.717) is 17.4 Å². The third-order valence-corrected chi connectivity index (χ3v) is 6.91. The second kappa shape index (κ2) is 9.52. The minimum absolute atomic E-state index is 0.232. The smallest absolute Gasteiger partial charge is 0.232 e. The molecule has 0 radical (unpaired) electrons. The first-order chi connectivity index (χ1) is 15.0. The van der Waals surface area contributed by atoms with Gasteiger partial charge in [-0.25, -0.2) is 8.42 Å². The number of hydrogen-bond acceptors (Lipinski definition) is 4. The van der Waals surface area contributed by atoms with Crippen molar-refractivity contribution >= 4 is 15.7 Å². The topological polar surface area (TPSA) is 59.5 Å². The minimum atomic E-state index is -3.44. The van der Waals surface area contributed by atoms with Crippen LogP contribution in [0.25, 0.3) is 0 Å². The number of nitrogens with zero attached hydrogens (tertiary/aromatic N) is 2. The lowest BCUT2D eigenvalue weighted by Gasteiger charge is -2.23. The molecule has 0 bridgehead atoms. The van der Waals surface area contributed by atoms with Crippen molar-refractivity contribution in [1.82, 2.24) is 4.98 Å². The molecule has 5 nitrogen and oxygen atoms in total. The number of pyridine rings is 1. The van der Waals surface area contributed by atoms with Crippen LogP contribution in [-0.4, -0.2) is 19.7 Å². The van der Waals surface area contributed by atoms with Crippen LogP contribution < -0.4 is 9.04 Å². The second-order valence-electron chi connectivity index (χ2n) is 8.13. The van der Waals surface area contributed by atoms with Crippen LogP contribution in [0.2, 0.25) is 0 Å². The van der Waals surface area contributed by atoms with Crippen molar-refractivity contribution in [3.8, 4) is 11.5 Å². The highest BCUT2D eigenvalue weighted by atomic mass is 32.2. The summed E-state index contributed by atoms with van der Waals surface area (Å²) in [6.07, 6.45) is 11.1. The summed E-state index contributed by atoms with van der Waals surface area (Å²) in [7, 11) is -3.44. The third kappa shape index (κ3) is 5.64. The molecule has 0 atom stereocenters. The predicted molar refractivity (Wildman–Crippen MR) is 124 cm³/mol. The van der Waals surface area contributed by atoms with Crippen LogP contribution in [-0.2, 0) is 16.6 Å². The maximum Gasteiger partial charge on any atom is 0.232 e. The Hall–Kier alpha value is -2.86. The summed E-state index contributed by atoms with van der Waals surface area (Å²) in [6, 6.07) is 19.2. The van der Waals surface area contributed by atoms with E-state index in [-0.39, 0.29) is 6.54 Å². The van der Waals surface area contributed by atoms with E-state index in [1.807, 2.05) is 18.2 Å². The molecule has 1 saturated carbocycles. The maximum atomic E-state index is 12.3. The Bertz CT molecular complexity index is 1080. The van der Waals surface area contributed by atoms with Gasteiger partial charge in [0.1, 0.15) is 11.5 Å². The number of anilines is 1. The lowest BCUT2D eigenvalue weighted by atomic mass is 9.84. The van der Waals surface area contributed by atoms with Crippen LogP contribution >= 0.6 is 0 Å². The lowest BCUT2D eigenvalue weighted by molar-refractivity contribution is 0.442. The van der Waals surface area contributed by atoms with Crippen molar-refractivity contribution in [2.75, 3.05) is 10.6 Å². The fourth-order valence-electron chi connectivity index (χ4n) is 4.12. The standard InChI is InChI=1S/C25H28N2O3S/c1-31(28,29)27(19-20-6-5-17-26-18-20)23-11-15-25(16-12-23)30-24-13-9-22(10-14-24)21-7-3-2-4-8-21/h5-6,9-18,21H,2-4,7-8,19H2,1H3. The summed E-state index contributed by atoms with van der Waals surface area (Å²) in [6.45, 7) is 0.232. The Labute approximate surface area is 184 Å². The van der Waals surface area contributed by atoms with Gasteiger partial charge in [0.2, 0.25) is 10.0 Å². The van der Waals surface area contributed by atoms with Gasteiger partial charge in [-0.1, -0.05) is 37.5 Å². The molecule has 162 valence electrons. The van der Waals surface area contributed by atoms with Crippen molar-refractivity contribution in [3.63, 3.8) is 0 Å². The molecule has 6 heteroatoms. The van der Waals surface area contributed by atoms with E-state index in [9.17, 15) is 8.42 Å². The van der Waals surface area contributed by atoms with Gasteiger partial charge in [-0.3, -0.25) is 9.29 Å². The van der Waals surface area contributed by atoms with Gasteiger partial charge in [0.05, 0.1) is 18.5 Å². The van der Waals surface area contributed by atoms with Gasteiger partial charge < -0.3 is 4.74 Å². The Kier molecular flexibility index (Phi) is 6.56. The summed E-state index contributed by atoms with van der Waals surface area (Å²) < 4.78 is 32.0. The zero-order valence-corrected chi connectivity index (χ0v) is 18.6. The molecule has 0 amide bonds. The number of benzene rings is 2. The van der Waals surface area contributed by atoms with Gasteiger partial charge in [-0.15, -0.1) is 0 Å². The van der Waals surface area contributed by atoms with E-state index in [4.69, 9.17) is 4.74 Å². The molecule has 0 spiro atoms. The Morgan fingerprint density at radius 3 is 2.16 bits per heavy atom. The zero-order valence-electron chi connectivity index (χ0n) is 17.8. The van der Waals surface area contributed by atoms with Crippen LogP contribution in [0.3, 0.4) is 0 Å². The average molecular weight is 437 g/mol. The SMILES string of the molecule is CS(=O)(=O)N(Cc1cccnc1)c1ccc(Oc2ccc(C3CCCCC3)cc2)cc1. The second-order valence-corrected chi connectivity index (χ2v) is 10.0. The van der Waals surface area contributed by atoms with Gasteiger partial charge in [0.15, 0.2) is 0 Å². The van der Waals surface area contributed by atoms with E-state index in [2.05, 4.69) is 17.1 Å². The molecule has 3 aromatic rings. The first-order valence-corrected chi connectivity index (χ1v) is 12.6. The minimum Gasteiger partial charge on any atom is -0.457 e. The van der Waals surface area contributed by atoms with E-state index in [0.717, 1.165) is 11.3 Å². The fourth-order valence-corrected chi connectivity index (χ4v) is 5.01. The summed E-state index contributed by atoms with van der Waals surface area (Å²) >= 11 is 0. The molecule has 1 fully saturated rings. The van der Waals surface area contributed by atoms with E-state index in [1.54, 1.807) is 42.7 Å². The number of rotatable bonds is 7. The van der Waals surface area contributed by atoms with E-state index in [1.165, 1.54) is 48.2 Å². The van der Waals surface area contributed by atoms with Crippen LogP contribution in [0.4, 0.5) is 5.69 Å². The first-order valence-electron chi connectivity index (χ1n) is 10.7. The highest BCUT2D eigenvalue weighted by Crippen LogP contribution is 2.34. The molecule has 1 aliphatic rings. The maximum absolute atomic E-state index is 12.3. The van der Waals surface area contributed by atoms with Crippen molar-refractivity contribution < 1.29 is 13.2 Å². The average Bonchev–Trinajstić information content (AvgIpc) is 2.79. The van der Waals surface area contributed by atoms with Crippen molar-refractivity contribution in [1.29, 1.82) is 0 Å². The summed E-state index contributed by atoms with van der Waals surface area (Å²) in [5, 5.41) is 0. The highest BCUT2D eigenvalue weighted by molar-refractivity contribution is 7.92. The van der Waals surface area contributed by atoms with Gasteiger partial charge >= 0.3 is 0 Å². The highest BCUT2D eigenvalue weighted by Gasteiger charge is 2.18. The molecule has 0 unspecified atom stereocenters. The van der Waals surface area contributed by atoms with E-state index >= 15 is 0 Å².